The molecule has 2 heterocycles. The minimum absolute atomic E-state index is 0.475. The highest BCUT2D eigenvalue weighted by atomic mass is 35.5. The second kappa shape index (κ2) is 5.38. The van der Waals surface area contributed by atoms with Gasteiger partial charge in [0.25, 0.3) is 0 Å². The Hall–Kier alpha value is -1.28. The zero-order valence-corrected chi connectivity index (χ0v) is 12.0. The lowest BCUT2D eigenvalue weighted by molar-refractivity contribution is 0.569. The first kappa shape index (κ1) is 12.7. The Morgan fingerprint density at radius 3 is 2.95 bits per heavy atom. The zero-order valence-electron chi connectivity index (χ0n) is 11.3. The van der Waals surface area contributed by atoms with Crippen molar-refractivity contribution in [3.8, 4) is 0 Å². The van der Waals surface area contributed by atoms with Crippen molar-refractivity contribution in [1.29, 1.82) is 0 Å². The number of fused-ring (bicyclic) bond motifs is 1. The quantitative estimate of drug-likeness (QED) is 0.780. The van der Waals surface area contributed by atoms with Crippen LogP contribution in [0.4, 0.5) is 5.69 Å². The molecule has 1 aromatic heterocycles. The molecule has 1 atom stereocenters. The molecule has 1 fully saturated rings. The molecule has 0 radical (unpaired) electrons. The SMILES string of the molecule is CCC1CCN(c2cc(CCl)nc3ccccc23)C1. The van der Waals surface area contributed by atoms with Crippen LogP contribution in [0.5, 0.6) is 0 Å². The number of pyridine rings is 1. The summed E-state index contributed by atoms with van der Waals surface area (Å²) in [5.74, 6) is 1.30. The third-order valence-electron chi connectivity index (χ3n) is 4.09. The summed E-state index contributed by atoms with van der Waals surface area (Å²) in [6.45, 7) is 4.59. The molecular formula is C16H19ClN2. The van der Waals surface area contributed by atoms with E-state index in [-0.39, 0.29) is 0 Å². The van der Waals surface area contributed by atoms with Gasteiger partial charge in [-0.15, -0.1) is 11.6 Å². The van der Waals surface area contributed by atoms with E-state index in [9.17, 15) is 0 Å². The topological polar surface area (TPSA) is 16.1 Å². The van der Waals surface area contributed by atoms with Crippen LogP contribution in [-0.2, 0) is 5.88 Å². The van der Waals surface area contributed by atoms with Crippen LogP contribution < -0.4 is 4.90 Å². The van der Waals surface area contributed by atoms with Gasteiger partial charge < -0.3 is 4.90 Å². The van der Waals surface area contributed by atoms with E-state index in [1.165, 1.54) is 23.9 Å². The van der Waals surface area contributed by atoms with Crippen molar-refractivity contribution in [3.63, 3.8) is 0 Å². The van der Waals surface area contributed by atoms with Crippen LogP contribution in [0.1, 0.15) is 25.5 Å². The van der Waals surface area contributed by atoms with Crippen LogP contribution in [-0.4, -0.2) is 18.1 Å². The predicted octanol–water partition coefficient (Wildman–Crippen LogP) is 4.21. The number of rotatable bonds is 3. The lowest BCUT2D eigenvalue weighted by Crippen LogP contribution is -2.20. The largest absolute Gasteiger partial charge is 0.371 e. The van der Waals surface area contributed by atoms with Gasteiger partial charge in [0.15, 0.2) is 0 Å². The number of aromatic nitrogens is 1. The summed E-state index contributed by atoms with van der Waals surface area (Å²) in [4.78, 5) is 7.10. The summed E-state index contributed by atoms with van der Waals surface area (Å²) in [7, 11) is 0. The van der Waals surface area contributed by atoms with E-state index in [0.29, 0.717) is 5.88 Å². The van der Waals surface area contributed by atoms with Crippen molar-refractivity contribution < 1.29 is 0 Å². The Morgan fingerprint density at radius 2 is 2.21 bits per heavy atom. The van der Waals surface area contributed by atoms with Crippen LogP contribution >= 0.6 is 11.6 Å². The number of para-hydroxylation sites is 1. The van der Waals surface area contributed by atoms with Crippen molar-refractivity contribution in [2.75, 3.05) is 18.0 Å². The monoisotopic (exact) mass is 274 g/mol. The number of alkyl halides is 1. The maximum absolute atomic E-state index is 5.98. The third kappa shape index (κ3) is 2.42. The number of hydrogen-bond acceptors (Lipinski definition) is 2. The molecule has 1 aliphatic rings. The van der Waals surface area contributed by atoms with Gasteiger partial charge in [-0.05, 0) is 24.5 Å². The molecular weight excluding hydrogens is 256 g/mol. The number of benzene rings is 1. The van der Waals surface area contributed by atoms with Crippen LogP contribution in [0.2, 0.25) is 0 Å². The molecule has 3 rings (SSSR count). The Labute approximate surface area is 119 Å². The highest BCUT2D eigenvalue weighted by molar-refractivity contribution is 6.17. The predicted molar refractivity (Wildman–Crippen MR) is 81.9 cm³/mol. The molecule has 1 unspecified atom stereocenters. The number of anilines is 1. The molecule has 2 aromatic rings. The molecule has 1 saturated heterocycles. The van der Waals surface area contributed by atoms with Crippen molar-refractivity contribution >= 4 is 28.2 Å². The van der Waals surface area contributed by atoms with Crippen LogP contribution in [0, 0.1) is 5.92 Å². The van der Waals surface area contributed by atoms with Crippen molar-refractivity contribution in [1.82, 2.24) is 4.98 Å². The summed E-state index contributed by atoms with van der Waals surface area (Å²) >= 11 is 5.98. The molecule has 0 spiro atoms. The first-order valence-electron chi connectivity index (χ1n) is 7.01. The van der Waals surface area contributed by atoms with E-state index in [2.05, 4.69) is 41.1 Å². The number of halogens is 1. The highest BCUT2D eigenvalue weighted by Gasteiger charge is 2.22. The van der Waals surface area contributed by atoms with Crippen LogP contribution in [0.25, 0.3) is 10.9 Å². The molecule has 0 N–H and O–H groups in total. The van der Waals surface area contributed by atoms with Gasteiger partial charge in [-0.1, -0.05) is 31.5 Å². The standard InChI is InChI=1S/C16H19ClN2/c1-2-12-7-8-19(11-12)16-9-13(10-17)18-15-6-4-3-5-14(15)16/h3-6,9,12H,2,7-8,10-11H2,1H3. The minimum Gasteiger partial charge on any atom is -0.371 e. The summed E-state index contributed by atoms with van der Waals surface area (Å²) < 4.78 is 0. The molecule has 2 nitrogen and oxygen atoms in total. The smallest absolute Gasteiger partial charge is 0.0726 e. The molecule has 1 aromatic carbocycles. The van der Waals surface area contributed by atoms with Gasteiger partial charge in [0, 0.05) is 24.2 Å². The van der Waals surface area contributed by atoms with E-state index >= 15 is 0 Å². The molecule has 1 aliphatic heterocycles. The molecule has 0 saturated carbocycles. The molecule has 0 aliphatic carbocycles. The fraction of sp³-hybridized carbons (Fsp3) is 0.438. The van der Waals surface area contributed by atoms with Gasteiger partial charge in [-0.2, -0.15) is 0 Å². The lowest BCUT2D eigenvalue weighted by atomic mass is 10.1. The zero-order chi connectivity index (χ0) is 13.2. The molecule has 3 heteroatoms. The summed E-state index contributed by atoms with van der Waals surface area (Å²) in [6, 6.07) is 10.5. The minimum atomic E-state index is 0.475. The van der Waals surface area contributed by atoms with Crippen LogP contribution in [0.15, 0.2) is 30.3 Å². The van der Waals surface area contributed by atoms with Crippen molar-refractivity contribution in [3.05, 3.63) is 36.0 Å². The summed E-state index contributed by atoms with van der Waals surface area (Å²) in [5, 5.41) is 1.24. The van der Waals surface area contributed by atoms with Gasteiger partial charge in [0.1, 0.15) is 0 Å². The molecule has 0 bridgehead atoms. The van der Waals surface area contributed by atoms with E-state index in [0.717, 1.165) is 30.2 Å². The number of hydrogen-bond donors (Lipinski definition) is 0. The first-order chi connectivity index (χ1) is 9.31. The highest BCUT2D eigenvalue weighted by Crippen LogP contribution is 2.32. The van der Waals surface area contributed by atoms with Gasteiger partial charge in [-0.3, -0.25) is 4.98 Å². The Morgan fingerprint density at radius 1 is 1.37 bits per heavy atom. The number of nitrogens with zero attached hydrogens (tertiary/aromatic N) is 2. The Bertz CT molecular complexity index is 582. The van der Waals surface area contributed by atoms with Gasteiger partial charge in [-0.25, -0.2) is 0 Å². The van der Waals surface area contributed by atoms with E-state index in [1.54, 1.807) is 0 Å². The van der Waals surface area contributed by atoms with E-state index in [4.69, 9.17) is 11.6 Å². The van der Waals surface area contributed by atoms with Crippen molar-refractivity contribution in [2.45, 2.75) is 25.6 Å². The van der Waals surface area contributed by atoms with Gasteiger partial charge in [0.05, 0.1) is 17.1 Å². The third-order valence-corrected chi connectivity index (χ3v) is 4.36. The average molecular weight is 275 g/mol. The fourth-order valence-electron chi connectivity index (χ4n) is 2.93. The van der Waals surface area contributed by atoms with E-state index in [1.807, 2.05) is 6.07 Å². The molecule has 0 amide bonds. The normalized spacial score (nSPS) is 19.3. The summed E-state index contributed by atoms with van der Waals surface area (Å²) in [6.07, 6.45) is 2.56. The van der Waals surface area contributed by atoms with Crippen LogP contribution in [0.3, 0.4) is 0 Å². The molecule has 100 valence electrons. The fourth-order valence-corrected chi connectivity index (χ4v) is 3.06. The maximum Gasteiger partial charge on any atom is 0.0726 e. The van der Waals surface area contributed by atoms with Gasteiger partial charge >= 0.3 is 0 Å². The van der Waals surface area contributed by atoms with Gasteiger partial charge in [0.2, 0.25) is 0 Å². The first-order valence-corrected chi connectivity index (χ1v) is 7.55. The second-order valence-corrected chi connectivity index (χ2v) is 5.56. The summed E-state index contributed by atoms with van der Waals surface area (Å²) in [5.41, 5.74) is 3.32. The van der Waals surface area contributed by atoms with Crippen molar-refractivity contribution in [2.24, 2.45) is 5.92 Å². The average Bonchev–Trinajstić information content (AvgIpc) is 2.94. The second-order valence-electron chi connectivity index (χ2n) is 5.29. The maximum atomic E-state index is 5.98. The lowest BCUT2D eigenvalue weighted by Gasteiger charge is -2.21. The van der Waals surface area contributed by atoms with E-state index < -0.39 is 0 Å². The molecule has 19 heavy (non-hydrogen) atoms. The Kier molecular flexibility index (Phi) is 3.61. The Balaban J connectivity index is 2.06.